The average molecular weight is 388 g/mol. The van der Waals surface area contributed by atoms with Crippen LogP contribution in [-0.4, -0.2) is 66.0 Å². The van der Waals surface area contributed by atoms with E-state index in [0.717, 1.165) is 31.5 Å². The lowest BCUT2D eigenvalue weighted by Crippen LogP contribution is -2.67. The van der Waals surface area contributed by atoms with Crippen molar-refractivity contribution in [2.75, 3.05) is 27.3 Å². The fourth-order valence-electron chi connectivity index (χ4n) is 5.42. The summed E-state index contributed by atoms with van der Waals surface area (Å²) in [5.74, 6) is 1.41. The summed E-state index contributed by atoms with van der Waals surface area (Å²) in [6.07, 6.45) is 5.02. The van der Waals surface area contributed by atoms with Crippen LogP contribution in [-0.2, 0) is 16.1 Å². The third-order valence-corrected chi connectivity index (χ3v) is 6.45. The van der Waals surface area contributed by atoms with Gasteiger partial charge in [0.1, 0.15) is 11.7 Å². The monoisotopic (exact) mass is 388 g/mol. The van der Waals surface area contributed by atoms with Crippen molar-refractivity contribution in [3.05, 3.63) is 18.0 Å². The van der Waals surface area contributed by atoms with Crippen LogP contribution < -0.4 is 15.2 Å². The first kappa shape index (κ1) is 19.0. The van der Waals surface area contributed by atoms with Gasteiger partial charge in [-0.2, -0.15) is 0 Å². The van der Waals surface area contributed by atoms with Crippen LogP contribution in [0, 0.1) is 11.8 Å². The molecule has 152 valence electrons. The standard InChI is InChI=1S/C20H28N4O4/c1-27-16-6-7-22-14(19(16)28-2)11-23-9-12-8-13(10-23)18(20(21)26)24-15(12)4-3-5-17(24)25/h6-7,12-13,15,18H,3-5,8-11H2,1-2H3,(H2,21,26)/t12-,13+,15-,18+/m0/s1. The second-order valence-electron chi connectivity index (χ2n) is 8.05. The van der Waals surface area contributed by atoms with Gasteiger partial charge in [-0.25, -0.2) is 0 Å². The number of aromatic nitrogens is 1. The van der Waals surface area contributed by atoms with Gasteiger partial charge in [0.2, 0.25) is 11.8 Å². The number of primary amides is 1. The fourth-order valence-corrected chi connectivity index (χ4v) is 5.42. The van der Waals surface area contributed by atoms with Crippen molar-refractivity contribution in [3.8, 4) is 11.5 Å². The van der Waals surface area contributed by atoms with E-state index in [1.54, 1.807) is 26.5 Å². The summed E-state index contributed by atoms with van der Waals surface area (Å²) >= 11 is 0. The van der Waals surface area contributed by atoms with Gasteiger partial charge in [0.15, 0.2) is 11.5 Å². The Labute approximate surface area is 165 Å². The zero-order valence-corrected chi connectivity index (χ0v) is 16.5. The predicted octanol–water partition coefficient (Wildman–Crippen LogP) is 0.786. The largest absolute Gasteiger partial charge is 0.493 e. The number of methoxy groups -OCH3 is 2. The lowest BCUT2D eigenvalue weighted by molar-refractivity contribution is -0.159. The lowest BCUT2D eigenvalue weighted by Gasteiger charge is -2.55. The number of amides is 2. The summed E-state index contributed by atoms with van der Waals surface area (Å²) in [7, 11) is 3.22. The molecule has 0 aromatic carbocycles. The molecule has 2 bridgehead atoms. The van der Waals surface area contributed by atoms with E-state index in [2.05, 4.69) is 9.88 Å². The maximum absolute atomic E-state index is 12.6. The van der Waals surface area contributed by atoms with Crippen molar-refractivity contribution < 1.29 is 19.1 Å². The highest BCUT2D eigenvalue weighted by atomic mass is 16.5. The number of rotatable bonds is 5. The molecule has 4 rings (SSSR count). The van der Waals surface area contributed by atoms with Gasteiger partial charge in [-0.15, -0.1) is 0 Å². The van der Waals surface area contributed by atoms with Gasteiger partial charge in [-0.1, -0.05) is 0 Å². The van der Waals surface area contributed by atoms with E-state index in [1.165, 1.54) is 0 Å². The SMILES string of the molecule is COc1ccnc(CN2C[C@@H]3C[C@H](C2)[C@H](C(N)=O)N2C(=O)CCC[C@@H]32)c1OC. The average Bonchev–Trinajstić information content (AvgIpc) is 2.68. The van der Waals surface area contributed by atoms with Gasteiger partial charge in [-0.05, 0) is 25.2 Å². The molecule has 3 aliphatic rings. The smallest absolute Gasteiger partial charge is 0.240 e. The molecule has 28 heavy (non-hydrogen) atoms. The highest BCUT2D eigenvalue weighted by molar-refractivity contribution is 5.88. The zero-order valence-electron chi connectivity index (χ0n) is 16.5. The zero-order chi connectivity index (χ0) is 19.8. The molecule has 0 spiro atoms. The van der Waals surface area contributed by atoms with E-state index < -0.39 is 6.04 Å². The number of fused-ring (bicyclic) bond motifs is 4. The molecule has 8 nitrogen and oxygen atoms in total. The Hall–Kier alpha value is -2.35. The molecular formula is C20H28N4O4. The molecular weight excluding hydrogens is 360 g/mol. The molecule has 0 radical (unpaired) electrons. The molecule has 2 amide bonds. The summed E-state index contributed by atoms with van der Waals surface area (Å²) < 4.78 is 10.9. The number of hydrogen-bond acceptors (Lipinski definition) is 6. The minimum absolute atomic E-state index is 0.0613. The van der Waals surface area contributed by atoms with Crippen LogP contribution in [0.1, 0.15) is 31.4 Å². The van der Waals surface area contributed by atoms with Gasteiger partial charge >= 0.3 is 0 Å². The van der Waals surface area contributed by atoms with Crippen LogP contribution in [0.5, 0.6) is 11.5 Å². The third-order valence-electron chi connectivity index (χ3n) is 6.45. The number of nitrogens with two attached hydrogens (primary N) is 1. The predicted molar refractivity (Wildman–Crippen MR) is 102 cm³/mol. The van der Waals surface area contributed by atoms with Crippen LogP contribution in [0.2, 0.25) is 0 Å². The second-order valence-corrected chi connectivity index (χ2v) is 8.05. The summed E-state index contributed by atoms with van der Waals surface area (Å²) in [4.78, 5) is 33.5. The quantitative estimate of drug-likeness (QED) is 0.801. The maximum atomic E-state index is 12.6. The number of piperidine rings is 3. The molecule has 3 aliphatic heterocycles. The van der Waals surface area contributed by atoms with E-state index in [9.17, 15) is 9.59 Å². The number of ether oxygens (including phenoxy) is 2. The highest BCUT2D eigenvalue weighted by Crippen LogP contribution is 2.42. The van der Waals surface area contributed by atoms with Crippen LogP contribution in [0.4, 0.5) is 0 Å². The van der Waals surface area contributed by atoms with E-state index in [-0.39, 0.29) is 23.8 Å². The first-order valence-electron chi connectivity index (χ1n) is 9.92. The number of carbonyl (C=O) groups is 2. The molecule has 1 aromatic rings. The summed E-state index contributed by atoms with van der Waals surface area (Å²) in [5, 5.41) is 0. The third kappa shape index (κ3) is 3.19. The lowest BCUT2D eigenvalue weighted by atomic mass is 9.72. The maximum Gasteiger partial charge on any atom is 0.240 e. The Morgan fingerprint density at radius 3 is 2.79 bits per heavy atom. The van der Waals surface area contributed by atoms with E-state index in [1.807, 2.05) is 4.90 Å². The highest BCUT2D eigenvalue weighted by Gasteiger charge is 2.51. The summed E-state index contributed by atoms with van der Waals surface area (Å²) in [6.45, 7) is 2.20. The summed E-state index contributed by atoms with van der Waals surface area (Å²) in [5.41, 5.74) is 6.57. The normalized spacial score (nSPS) is 29.9. The van der Waals surface area contributed by atoms with Crippen molar-refractivity contribution in [3.63, 3.8) is 0 Å². The molecule has 0 saturated carbocycles. The summed E-state index contributed by atoms with van der Waals surface area (Å²) in [6, 6.07) is 1.39. The van der Waals surface area contributed by atoms with Crippen LogP contribution in [0.3, 0.4) is 0 Å². The van der Waals surface area contributed by atoms with Crippen LogP contribution in [0.15, 0.2) is 12.3 Å². The molecule has 4 heterocycles. The molecule has 1 aromatic heterocycles. The second kappa shape index (κ2) is 7.58. The first-order chi connectivity index (χ1) is 13.5. The van der Waals surface area contributed by atoms with Gasteiger partial charge in [0.05, 0.1) is 14.2 Å². The Bertz CT molecular complexity index is 771. The van der Waals surface area contributed by atoms with Gasteiger partial charge < -0.3 is 20.1 Å². The van der Waals surface area contributed by atoms with E-state index in [0.29, 0.717) is 36.9 Å². The van der Waals surface area contributed by atoms with Crippen molar-refractivity contribution in [1.29, 1.82) is 0 Å². The number of pyridine rings is 1. The van der Waals surface area contributed by atoms with Crippen molar-refractivity contribution in [2.45, 2.75) is 44.3 Å². The molecule has 3 fully saturated rings. The van der Waals surface area contributed by atoms with Gasteiger partial charge in [0.25, 0.3) is 0 Å². The molecule has 3 saturated heterocycles. The first-order valence-corrected chi connectivity index (χ1v) is 9.92. The minimum atomic E-state index is -0.503. The molecule has 2 N–H and O–H groups in total. The minimum Gasteiger partial charge on any atom is -0.493 e. The molecule has 4 atom stereocenters. The fraction of sp³-hybridized carbons (Fsp3) is 0.650. The number of nitrogens with zero attached hydrogens (tertiary/aromatic N) is 3. The van der Waals surface area contributed by atoms with Crippen LogP contribution >= 0.6 is 0 Å². The Morgan fingerprint density at radius 2 is 2.07 bits per heavy atom. The Morgan fingerprint density at radius 1 is 1.29 bits per heavy atom. The van der Waals surface area contributed by atoms with Crippen molar-refractivity contribution in [1.82, 2.24) is 14.8 Å². The number of hydrogen-bond donors (Lipinski definition) is 1. The van der Waals surface area contributed by atoms with Crippen molar-refractivity contribution in [2.24, 2.45) is 17.6 Å². The van der Waals surface area contributed by atoms with E-state index in [4.69, 9.17) is 15.2 Å². The number of carbonyl (C=O) groups excluding carboxylic acids is 2. The Kier molecular flexibility index (Phi) is 5.14. The number of likely N-dealkylation sites (tertiary alicyclic amines) is 1. The van der Waals surface area contributed by atoms with Gasteiger partial charge in [-0.3, -0.25) is 19.5 Å². The molecule has 0 aliphatic carbocycles. The Balaban J connectivity index is 1.59. The molecule has 0 unspecified atom stereocenters. The van der Waals surface area contributed by atoms with E-state index >= 15 is 0 Å². The molecule has 8 heteroatoms. The van der Waals surface area contributed by atoms with Crippen LogP contribution in [0.25, 0.3) is 0 Å². The topological polar surface area (TPSA) is 98.0 Å². The van der Waals surface area contributed by atoms with Crippen molar-refractivity contribution >= 4 is 11.8 Å². The van der Waals surface area contributed by atoms with Gasteiger partial charge in [0, 0.05) is 50.3 Å².